The Morgan fingerprint density at radius 1 is 1.22 bits per heavy atom. The van der Waals surface area contributed by atoms with Gasteiger partial charge in [0, 0.05) is 52.0 Å². The van der Waals surface area contributed by atoms with Crippen LogP contribution in [0.3, 0.4) is 0 Å². The number of piperazine rings is 1. The number of hydrogen-bond donors (Lipinski definition) is 1. The molecule has 1 saturated heterocycles. The molecule has 3 rings (SSSR count). The zero-order chi connectivity index (χ0) is 19.1. The third-order valence-electron chi connectivity index (χ3n) is 4.71. The van der Waals surface area contributed by atoms with Crippen LogP contribution in [0.15, 0.2) is 36.8 Å². The molecule has 146 valence electrons. The number of aromatic nitrogens is 2. The number of aryl methyl sites for hydroxylation is 1. The second-order valence-electron chi connectivity index (χ2n) is 6.51. The van der Waals surface area contributed by atoms with E-state index in [0.29, 0.717) is 13.2 Å². The Bertz CT molecular complexity index is 740. The molecule has 1 N–H and O–H groups in total. The van der Waals surface area contributed by atoms with Crippen LogP contribution >= 0.6 is 0 Å². The van der Waals surface area contributed by atoms with Crippen molar-refractivity contribution in [2.45, 2.75) is 6.54 Å². The number of benzene rings is 1. The third-order valence-corrected chi connectivity index (χ3v) is 4.71. The maximum atomic E-state index is 12.3. The maximum Gasteiger partial charge on any atom is 0.317 e. The van der Waals surface area contributed by atoms with Gasteiger partial charge in [-0.2, -0.15) is 0 Å². The van der Waals surface area contributed by atoms with E-state index < -0.39 is 0 Å². The van der Waals surface area contributed by atoms with Crippen LogP contribution in [0.25, 0.3) is 0 Å². The van der Waals surface area contributed by atoms with Crippen molar-refractivity contribution in [3.05, 3.63) is 42.5 Å². The fourth-order valence-corrected chi connectivity index (χ4v) is 2.99. The average Bonchev–Trinajstić information content (AvgIpc) is 3.11. The lowest BCUT2D eigenvalue weighted by atomic mass is 10.3. The Morgan fingerprint density at radius 3 is 2.70 bits per heavy atom. The summed E-state index contributed by atoms with van der Waals surface area (Å²) in [5.74, 6) is 1.60. The molecular weight excluding hydrogens is 346 g/mol. The van der Waals surface area contributed by atoms with Gasteiger partial charge in [-0.15, -0.1) is 0 Å². The number of hydrogen-bond acceptors (Lipinski definition) is 5. The van der Waals surface area contributed by atoms with Crippen LogP contribution in [0.4, 0.5) is 4.79 Å². The van der Waals surface area contributed by atoms with Gasteiger partial charge in [-0.1, -0.05) is 6.07 Å². The van der Waals surface area contributed by atoms with Gasteiger partial charge in [-0.3, -0.25) is 4.90 Å². The fourth-order valence-electron chi connectivity index (χ4n) is 2.99. The molecule has 2 heterocycles. The Kier molecular flexibility index (Phi) is 6.54. The lowest BCUT2D eigenvalue weighted by Crippen LogP contribution is -2.52. The summed E-state index contributed by atoms with van der Waals surface area (Å²) in [7, 11) is 3.56. The standard InChI is InChI=1S/C19H27N5O3/c1-22-15-20-13-16(22)14-21-19(25)24-8-6-23(7-9-24)10-11-27-18-5-3-4-17(12-18)26-2/h3-5,12-13,15H,6-11,14H2,1-2H3,(H,21,25). The van der Waals surface area contributed by atoms with Crippen molar-refractivity contribution in [2.24, 2.45) is 7.05 Å². The molecular formula is C19H27N5O3. The van der Waals surface area contributed by atoms with Crippen molar-refractivity contribution >= 4 is 6.03 Å². The molecule has 1 aliphatic heterocycles. The number of methoxy groups -OCH3 is 1. The minimum absolute atomic E-state index is 0.0246. The SMILES string of the molecule is COc1cccc(OCCN2CCN(C(=O)NCc3cncn3C)CC2)c1. The van der Waals surface area contributed by atoms with Gasteiger partial charge >= 0.3 is 6.03 Å². The van der Waals surface area contributed by atoms with E-state index in [4.69, 9.17) is 9.47 Å². The topological polar surface area (TPSA) is 71.9 Å². The van der Waals surface area contributed by atoms with Gasteiger partial charge in [0.15, 0.2) is 0 Å². The smallest absolute Gasteiger partial charge is 0.317 e. The first-order valence-corrected chi connectivity index (χ1v) is 9.13. The molecule has 1 aliphatic rings. The van der Waals surface area contributed by atoms with Gasteiger partial charge in [0.05, 0.1) is 25.7 Å². The van der Waals surface area contributed by atoms with Crippen molar-refractivity contribution in [3.63, 3.8) is 0 Å². The first-order chi connectivity index (χ1) is 13.2. The first-order valence-electron chi connectivity index (χ1n) is 9.13. The van der Waals surface area contributed by atoms with Crippen molar-refractivity contribution < 1.29 is 14.3 Å². The van der Waals surface area contributed by atoms with E-state index in [0.717, 1.165) is 49.9 Å². The van der Waals surface area contributed by atoms with Crippen molar-refractivity contribution in [2.75, 3.05) is 46.4 Å². The molecule has 8 nitrogen and oxygen atoms in total. The highest BCUT2D eigenvalue weighted by Gasteiger charge is 2.20. The lowest BCUT2D eigenvalue weighted by molar-refractivity contribution is 0.126. The molecule has 1 fully saturated rings. The molecule has 0 aliphatic carbocycles. The van der Waals surface area contributed by atoms with Gasteiger partial charge in [-0.05, 0) is 12.1 Å². The third kappa shape index (κ3) is 5.37. The van der Waals surface area contributed by atoms with Gasteiger partial charge in [-0.25, -0.2) is 9.78 Å². The van der Waals surface area contributed by atoms with E-state index in [9.17, 15) is 4.79 Å². The summed E-state index contributed by atoms with van der Waals surface area (Å²) in [6.07, 6.45) is 3.49. The largest absolute Gasteiger partial charge is 0.497 e. The summed E-state index contributed by atoms with van der Waals surface area (Å²) in [4.78, 5) is 20.5. The predicted octanol–water partition coefficient (Wildman–Crippen LogP) is 1.33. The van der Waals surface area contributed by atoms with Gasteiger partial charge in [0.1, 0.15) is 18.1 Å². The van der Waals surface area contributed by atoms with Gasteiger partial charge in [0.25, 0.3) is 0 Å². The van der Waals surface area contributed by atoms with Crippen molar-refractivity contribution in [3.8, 4) is 11.5 Å². The number of nitrogens with one attached hydrogen (secondary N) is 1. The number of imidazole rings is 1. The molecule has 2 aromatic rings. The summed E-state index contributed by atoms with van der Waals surface area (Å²) < 4.78 is 12.9. The predicted molar refractivity (Wildman–Crippen MR) is 102 cm³/mol. The molecule has 0 unspecified atom stereocenters. The highest BCUT2D eigenvalue weighted by molar-refractivity contribution is 5.74. The fraction of sp³-hybridized carbons (Fsp3) is 0.474. The molecule has 0 bridgehead atoms. The van der Waals surface area contributed by atoms with Crippen LogP contribution < -0.4 is 14.8 Å². The van der Waals surface area contributed by atoms with E-state index >= 15 is 0 Å². The lowest BCUT2D eigenvalue weighted by Gasteiger charge is -2.34. The minimum Gasteiger partial charge on any atom is -0.497 e. The maximum absolute atomic E-state index is 12.3. The van der Waals surface area contributed by atoms with Gasteiger partial charge < -0.3 is 24.3 Å². The molecule has 0 atom stereocenters. The number of carbonyl (C=O) groups is 1. The molecule has 27 heavy (non-hydrogen) atoms. The second kappa shape index (κ2) is 9.27. The average molecular weight is 373 g/mol. The zero-order valence-corrected chi connectivity index (χ0v) is 15.9. The number of nitrogens with zero attached hydrogens (tertiary/aromatic N) is 4. The van der Waals surface area contributed by atoms with E-state index in [-0.39, 0.29) is 6.03 Å². The Balaban J connectivity index is 1.34. The quantitative estimate of drug-likeness (QED) is 0.793. The first kappa shape index (κ1) is 19.0. The highest BCUT2D eigenvalue weighted by Crippen LogP contribution is 2.18. The van der Waals surface area contributed by atoms with Crippen molar-refractivity contribution in [1.29, 1.82) is 0 Å². The number of rotatable bonds is 7. The zero-order valence-electron chi connectivity index (χ0n) is 15.9. The number of carbonyl (C=O) groups excluding carboxylic acids is 1. The monoisotopic (exact) mass is 373 g/mol. The van der Waals surface area contributed by atoms with Crippen LogP contribution in [0.5, 0.6) is 11.5 Å². The summed E-state index contributed by atoms with van der Waals surface area (Å²) in [6.45, 7) is 5.07. The number of urea groups is 1. The molecule has 8 heteroatoms. The van der Waals surface area contributed by atoms with E-state index in [2.05, 4.69) is 15.2 Å². The Labute approximate surface area is 159 Å². The molecule has 1 aromatic carbocycles. The second-order valence-corrected chi connectivity index (χ2v) is 6.51. The number of amides is 2. The molecule has 2 amide bonds. The summed E-state index contributed by atoms with van der Waals surface area (Å²) in [5.41, 5.74) is 0.983. The summed E-state index contributed by atoms with van der Waals surface area (Å²) in [6, 6.07) is 7.59. The van der Waals surface area contributed by atoms with Crippen LogP contribution in [0, 0.1) is 0 Å². The highest BCUT2D eigenvalue weighted by atomic mass is 16.5. The van der Waals surface area contributed by atoms with Crippen LogP contribution in [-0.2, 0) is 13.6 Å². The molecule has 1 aromatic heterocycles. The molecule has 0 saturated carbocycles. The van der Waals surface area contributed by atoms with E-state index in [1.54, 1.807) is 19.6 Å². The van der Waals surface area contributed by atoms with Crippen molar-refractivity contribution in [1.82, 2.24) is 24.7 Å². The van der Waals surface area contributed by atoms with Gasteiger partial charge in [0.2, 0.25) is 0 Å². The molecule has 0 spiro atoms. The summed E-state index contributed by atoms with van der Waals surface area (Å²) >= 11 is 0. The normalized spacial score (nSPS) is 14.8. The van der Waals surface area contributed by atoms with Crippen LogP contribution in [0.2, 0.25) is 0 Å². The van der Waals surface area contributed by atoms with Crippen LogP contribution in [-0.4, -0.2) is 71.8 Å². The Morgan fingerprint density at radius 2 is 2.00 bits per heavy atom. The Hall–Kier alpha value is -2.74. The van der Waals surface area contributed by atoms with Crippen LogP contribution in [0.1, 0.15) is 5.69 Å². The summed E-state index contributed by atoms with van der Waals surface area (Å²) in [5, 5.41) is 2.96. The van der Waals surface area contributed by atoms with E-state index in [1.807, 2.05) is 40.8 Å². The number of ether oxygens (including phenoxy) is 2. The molecule has 0 radical (unpaired) electrons. The minimum atomic E-state index is -0.0246. The van der Waals surface area contributed by atoms with E-state index in [1.165, 1.54) is 0 Å².